The van der Waals surface area contributed by atoms with E-state index < -0.39 is 21.2 Å². The van der Waals surface area contributed by atoms with Gasteiger partial charge in [0.15, 0.2) is 0 Å². The smallest absolute Gasteiger partial charge is 0.319 e. The molecule has 1 N–H and O–H groups in total. The van der Waals surface area contributed by atoms with Crippen LogP contribution in [0.3, 0.4) is 0 Å². The number of benzene rings is 1. The van der Waals surface area contributed by atoms with Gasteiger partial charge in [0, 0.05) is 79.5 Å². The van der Waals surface area contributed by atoms with Gasteiger partial charge in [0.05, 0.1) is 12.5 Å². The van der Waals surface area contributed by atoms with Gasteiger partial charge in [0.2, 0.25) is 5.91 Å². The average molecular weight is 779 g/mol. The maximum atomic E-state index is 15.2. The third kappa shape index (κ3) is 10.1. The molecule has 3 atom stereocenters. The lowest BCUT2D eigenvalue weighted by molar-refractivity contribution is -0.145. The summed E-state index contributed by atoms with van der Waals surface area (Å²) in [6.45, 7) is 10.7. The number of hydrogen-bond acceptors (Lipinski definition) is 7. The number of carbonyl (C=O) groups excluding carboxylic acids is 2. The van der Waals surface area contributed by atoms with Crippen molar-refractivity contribution in [2.45, 2.75) is 77.4 Å². The van der Waals surface area contributed by atoms with Crippen LogP contribution >= 0.6 is 9.58 Å². The normalized spacial score (nSPS) is 23.0. The van der Waals surface area contributed by atoms with Crippen molar-refractivity contribution in [3.63, 3.8) is 0 Å². The molecule has 4 rings (SSSR count). The standard InChI is InChI=1S/C44H70N6O4S/c1-14-19-32(2)40(34-20-17-15-16-18-21-34)39-28-35-22-23-36(53-10)29-37(35)38-25-27-50(43(52)47(6)7)31-44(38,42(51)46(4)5)30-49(39)26-24-33(3)41(54-11)45-55(12,13)48(8)9/h14,19,22-24,29,34,38,41,45H,2,12-13,15-18,20-21,25-28,30-31H2,1,3-11H3/b19-14-,33-24+,40-39+. The Hall–Kier alpha value is -3.51. The molecule has 3 unspecified atom stereocenters. The van der Waals surface area contributed by atoms with Crippen molar-refractivity contribution in [2.75, 3.05) is 82.7 Å². The first-order valence-electron chi connectivity index (χ1n) is 19.8. The SMILES string of the molecule is C=C(/C=C\C)/C(=C1/Cc2ccc(OC)cc2C2CCN(C(=O)N(C)C)CC2(C(=O)N(C)C)CN1C/C=C(\C)C(NS(=C)(=C)N(C)C)OC)C1CCCCCC1. The largest absolute Gasteiger partial charge is 0.497 e. The minimum Gasteiger partial charge on any atom is -0.497 e. The second-order valence-electron chi connectivity index (χ2n) is 16.3. The predicted octanol–water partition coefficient (Wildman–Crippen LogP) is 7.02. The first-order valence-corrected chi connectivity index (χ1v) is 21.7. The molecule has 306 valence electrons. The molecule has 0 radical (unpaired) electrons. The number of amides is 3. The minimum atomic E-state index is -1.80. The molecule has 1 aliphatic carbocycles. The van der Waals surface area contributed by atoms with Crippen molar-refractivity contribution >= 4 is 33.3 Å². The summed E-state index contributed by atoms with van der Waals surface area (Å²) in [6, 6.07) is 6.31. The molecule has 2 fully saturated rings. The number of carbonyl (C=O) groups is 2. The van der Waals surface area contributed by atoms with Crippen LogP contribution in [0.1, 0.15) is 75.8 Å². The van der Waals surface area contributed by atoms with E-state index in [2.05, 4.69) is 65.6 Å². The Balaban J connectivity index is 2.08. The molecule has 2 heterocycles. The highest BCUT2D eigenvalue weighted by molar-refractivity contribution is 8.24. The molecular weight excluding hydrogens is 709 g/mol. The third-order valence-corrected chi connectivity index (χ3v) is 13.9. The van der Waals surface area contributed by atoms with E-state index in [1.807, 2.05) is 43.5 Å². The summed E-state index contributed by atoms with van der Waals surface area (Å²) in [5.74, 6) is 9.69. The topological polar surface area (TPSA) is 80.8 Å². The lowest BCUT2D eigenvalue weighted by Gasteiger charge is -2.52. The number of ether oxygens (including phenoxy) is 2. The molecule has 11 heteroatoms. The predicted molar refractivity (Wildman–Crippen MR) is 233 cm³/mol. The maximum absolute atomic E-state index is 15.2. The zero-order valence-electron chi connectivity index (χ0n) is 35.6. The molecule has 55 heavy (non-hydrogen) atoms. The molecule has 0 bridgehead atoms. The summed E-state index contributed by atoms with van der Waals surface area (Å²) in [6.07, 6.45) is 14.4. The molecule has 3 amide bonds. The number of allylic oxidation sites excluding steroid dienone is 5. The number of methoxy groups -OCH3 is 2. The summed E-state index contributed by atoms with van der Waals surface area (Å²) >= 11 is 0. The van der Waals surface area contributed by atoms with Gasteiger partial charge in [-0.05, 0) is 93.1 Å². The summed E-state index contributed by atoms with van der Waals surface area (Å²) in [5, 5.41) is 0. The molecule has 1 saturated heterocycles. The fourth-order valence-electron chi connectivity index (χ4n) is 8.77. The molecule has 2 aliphatic heterocycles. The number of rotatable bonds is 12. The number of likely N-dealkylation sites (tertiary alicyclic amines) is 1. The van der Waals surface area contributed by atoms with E-state index in [0.29, 0.717) is 44.9 Å². The molecule has 1 saturated carbocycles. The first-order chi connectivity index (χ1) is 26.0. The summed E-state index contributed by atoms with van der Waals surface area (Å²) in [4.78, 5) is 36.6. The molecule has 0 aromatic heterocycles. The quantitative estimate of drug-likeness (QED) is 0.0804. The van der Waals surface area contributed by atoms with Crippen LogP contribution in [0.15, 0.2) is 65.4 Å². The summed E-state index contributed by atoms with van der Waals surface area (Å²) in [5.41, 5.74) is 5.83. The van der Waals surface area contributed by atoms with Crippen LogP contribution < -0.4 is 9.46 Å². The number of hydrogen-bond donors (Lipinski definition) is 1. The van der Waals surface area contributed by atoms with Gasteiger partial charge in [-0.15, -0.1) is 9.58 Å². The highest BCUT2D eigenvalue weighted by Gasteiger charge is 2.54. The Morgan fingerprint density at radius 1 is 1.02 bits per heavy atom. The molecular formula is C44H70N6O4S. The van der Waals surface area contributed by atoms with E-state index >= 15 is 4.79 Å². The number of piperidine rings is 1. The van der Waals surface area contributed by atoms with Crippen LogP contribution in [0, 0.1) is 11.3 Å². The van der Waals surface area contributed by atoms with Crippen molar-refractivity contribution in [1.82, 2.24) is 28.6 Å². The van der Waals surface area contributed by atoms with E-state index in [4.69, 9.17) is 16.1 Å². The highest BCUT2D eigenvalue weighted by Crippen LogP contribution is 2.50. The highest BCUT2D eigenvalue weighted by atomic mass is 32.2. The van der Waals surface area contributed by atoms with Crippen LogP contribution in [0.4, 0.5) is 4.79 Å². The number of fused-ring (bicyclic) bond motifs is 3. The second kappa shape index (κ2) is 19.1. The van der Waals surface area contributed by atoms with Crippen molar-refractivity contribution < 1.29 is 19.1 Å². The molecule has 3 aliphatic rings. The fraction of sp³-hybridized carbons (Fsp3) is 0.591. The summed E-state index contributed by atoms with van der Waals surface area (Å²) in [7, 11) is 12.8. The Kier molecular flexibility index (Phi) is 15.3. The minimum absolute atomic E-state index is 0.0164. The van der Waals surface area contributed by atoms with E-state index in [9.17, 15) is 4.79 Å². The summed E-state index contributed by atoms with van der Waals surface area (Å²) < 4.78 is 17.4. The van der Waals surface area contributed by atoms with E-state index in [1.54, 1.807) is 38.1 Å². The van der Waals surface area contributed by atoms with Crippen LogP contribution in [0.2, 0.25) is 0 Å². The van der Waals surface area contributed by atoms with Crippen LogP contribution in [-0.4, -0.2) is 136 Å². The van der Waals surface area contributed by atoms with Gasteiger partial charge in [-0.3, -0.25) is 9.10 Å². The number of nitrogens with zero attached hydrogens (tertiary/aromatic N) is 5. The second-order valence-corrected chi connectivity index (χ2v) is 19.0. The van der Waals surface area contributed by atoms with Gasteiger partial charge in [-0.25, -0.2) is 9.52 Å². The fourth-order valence-corrected chi connectivity index (χ4v) is 9.66. The van der Waals surface area contributed by atoms with Crippen molar-refractivity contribution in [3.05, 3.63) is 76.5 Å². The Morgan fingerprint density at radius 2 is 1.69 bits per heavy atom. The van der Waals surface area contributed by atoms with Crippen LogP contribution in [0.25, 0.3) is 0 Å². The average Bonchev–Trinajstić information content (AvgIpc) is 3.43. The van der Waals surface area contributed by atoms with Gasteiger partial charge < -0.3 is 29.1 Å². The van der Waals surface area contributed by atoms with Gasteiger partial charge in [-0.2, -0.15) is 0 Å². The number of urea groups is 1. The third-order valence-electron chi connectivity index (χ3n) is 11.9. The Bertz CT molecular complexity index is 1740. The monoisotopic (exact) mass is 779 g/mol. The lowest BCUT2D eigenvalue weighted by Crippen LogP contribution is -2.62. The molecule has 1 aromatic rings. The molecule has 0 spiro atoms. The van der Waals surface area contributed by atoms with Crippen molar-refractivity contribution in [2.24, 2.45) is 11.3 Å². The van der Waals surface area contributed by atoms with Crippen LogP contribution in [-0.2, 0) is 16.0 Å². The van der Waals surface area contributed by atoms with E-state index in [1.165, 1.54) is 42.5 Å². The Morgan fingerprint density at radius 3 is 2.25 bits per heavy atom. The lowest BCUT2D eigenvalue weighted by atomic mass is 9.64. The van der Waals surface area contributed by atoms with Gasteiger partial charge in [-0.1, -0.05) is 68.3 Å². The zero-order chi connectivity index (χ0) is 40.7. The van der Waals surface area contributed by atoms with E-state index in [0.717, 1.165) is 35.3 Å². The first kappa shape index (κ1) is 44.2. The van der Waals surface area contributed by atoms with Crippen molar-refractivity contribution in [1.29, 1.82) is 0 Å². The van der Waals surface area contributed by atoms with Gasteiger partial charge in [0.25, 0.3) is 0 Å². The zero-order valence-corrected chi connectivity index (χ0v) is 36.4. The van der Waals surface area contributed by atoms with E-state index in [-0.39, 0.29) is 17.9 Å². The van der Waals surface area contributed by atoms with Crippen LogP contribution in [0.5, 0.6) is 5.75 Å². The maximum Gasteiger partial charge on any atom is 0.319 e. The molecule has 10 nitrogen and oxygen atoms in total. The van der Waals surface area contributed by atoms with Crippen molar-refractivity contribution in [3.8, 4) is 5.75 Å². The molecule has 1 aromatic carbocycles. The van der Waals surface area contributed by atoms with Gasteiger partial charge in [0.1, 0.15) is 12.0 Å². The van der Waals surface area contributed by atoms with Gasteiger partial charge >= 0.3 is 6.03 Å². The Labute approximate surface area is 333 Å². The number of nitrogens with one attached hydrogen (secondary N) is 1.